The van der Waals surface area contributed by atoms with Gasteiger partial charge in [0.2, 0.25) is 5.91 Å². The molecule has 0 bridgehead atoms. The standard InChI is InChI=1S/C16H24Cl2N2O/c1-6-16(4,5)20-15(21)11(3)19-10(2)13-8-7-12(17)9-14(13)18/h7-11,19H,6H2,1-5H3,(H,20,21). The molecule has 0 fully saturated rings. The number of carbonyl (C=O) groups is 1. The van der Waals surface area contributed by atoms with Crippen LogP contribution in [0.5, 0.6) is 0 Å². The van der Waals surface area contributed by atoms with Gasteiger partial charge in [0.05, 0.1) is 6.04 Å². The Labute approximate surface area is 137 Å². The zero-order valence-electron chi connectivity index (χ0n) is 13.3. The van der Waals surface area contributed by atoms with Gasteiger partial charge in [-0.05, 0) is 51.8 Å². The maximum Gasteiger partial charge on any atom is 0.237 e. The molecule has 0 aromatic heterocycles. The predicted molar refractivity (Wildman–Crippen MR) is 90.0 cm³/mol. The van der Waals surface area contributed by atoms with Gasteiger partial charge in [-0.25, -0.2) is 0 Å². The average molecular weight is 331 g/mol. The zero-order valence-corrected chi connectivity index (χ0v) is 14.8. The maximum atomic E-state index is 12.2. The van der Waals surface area contributed by atoms with E-state index >= 15 is 0 Å². The lowest BCUT2D eigenvalue weighted by molar-refractivity contribution is -0.124. The molecule has 0 spiro atoms. The Kier molecular flexibility index (Phi) is 6.51. The van der Waals surface area contributed by atoms with Crippen molar-refractivity contribution >= 4 is 29.1 Å². The van der Waals surface area contributed by atoms with Crippen LogP contribution in [0.3, 0.4) is 0 Å². The molecule has 3 nitrogen and oxygen atoms in total. The first-order chi connectivity index (χ1) is 9.66. The Hall–Kier alpha value is -0.770. The molecule has 1 rings (SSSR count). The van der Waals surface area contributed by atoms with E-state index in [-0.39, 0.29) is 23.5 Å². The lowest BCUT2D eigenvalue weighted by atomic mass is 10.0. The first-order valence-corrected chi connectivity index (χ1v) is 7.95. The smallest absolute Gasteiger partial charge is 0.237 e. The molecule has 0 aliphatic rings. The van der Waals surface area contributed by atoms with Crippen LogP contribution in [-0.4, -0.2) is 17.5 Å². The van der Waals surface area contributed by atoms with Gasteiger partial charge in [0.15, 0.2) is 0 Å². The van der Waals surface area contributed by atoms with Gasteiger partial charge in [-0.3, -0.25) is 10.1 Å². The summed E-state index contributed by atoms with van der Waals surface area (Å²) < 4.78 is 0. The summed E-state index contributed by atoms with van der Waals surface area (Å²) in [5.41, 5.74) is 0.726. The fourth-order valence-corrected chi connectivity index (χ4v) is 2.50. The van der Waals surface area contributed by atoms with Gasteiger partial charge in [-0.1, -0.05) is 36.2 Å². The van der Waals surface area contributed by atoms with Crippen molar-refractivity contribution in [3.63, 3.8) is 0 Å². The van der Waals surface area contributed by atoms with Crippen molar-refractivity contribution in [2.24, 2.45) is 0 Å². The molecular formula is C16H24Cl2N2O. The molecule has 2 N–H and O–H groups in total. The van der Waals surface area contributed by atoms with E-state index in [1.807, 2.05) is 33.8 Å². The van der Waals surface area contributed by atoms with Crippen LogP contribution in [0.2, 0.25) is 10.0 Å². The average Bonchev–Trinajstić information content (AvgIpc) is 2.37. The largest absolute Gasteiger partial charge is 0.350 e. The molecule has 21 heavy (non-hydrogen) atoms. The highest BCUT2D eigenvalue weighted by molar-refractivity contribution is 6.35. The van der Waals surface area contributed by atoms with Crippen LogP contribution >= 0.6 is 23.2 Å². The van der Waals surface area contributed by atoms with Crippen LogP contribution in [-0.2, 0) is 4.79 Å². The molecular weight excluding hydrogens is 307 g/mol. The van der Waals surface area contributed by atoms with Crippen molar-refractivity contribution in [3.8, 4) is 0 Å². The van der Waals surface area contributed by atoms with E-state index in [9.17, 15) is 4.79 Å². The quantitative estimate of drug-likeness (QED) is 0.814. The van der Waals surface area contributed by atoms with Crippen LogP contribution < -0.4 is 10.6 Å². The van der Waals surface area contributed by atoms with Crippen molar-refractivity contribution in [2.45, 2.75) is 58.7 Å². The third-order valence-corrected chi connectivity index (χ3v) is 4.23. The van der Waals surface area contributed by atoms with E-state index in [2.05, 4.69) is 17.6 Å². The van der Waals surface area contributed by atoms with Crippen molar-refractivity contribution in [1.82, 2.24) is 10.6 Å². The number of halogens is 2. The molecule has 1 aromatic rings. The molecule has 0 radical (unpaired) electrons. The Morgan fingerprint density at radius 1 is 1.29 bits per heavy atom. The molecule has 0 aliphatic heterocycles. The number of hydrogen-bond acceptors (Lipinski definition) is 2. The molecule has 0 saturated carbocycles. The summed E-state index contributed by atoms with van der Waals surface area (Å²) in [5.74, 6) is -0.0150. The molecule has 0 heterocycles. The van der Waals surface area contributed by atoms with Gasteiger partial charge in [0.25, 0.3) is 0 Å². The summed E-state index contributed by atoms with van der Waals surface area (Å²) in [6, 6.07) is 5.04. The number of benzene rings is 1. The maximum absolute atomic E-state index is 12.2. The summed E-state index contributed by atoms with van der Waals surface area (Å²) in [6.07, 6.45) is 0.879. The molecule has 5 heteroatoms. The van der Waals surface area contributed by atoms with Gasteiger partial charge < -0.3 is 5.32 Å². The highest BCUT2D eigenvalue weighted by Gasteiger charge is 2.23. The summed E-state index contributed by atoms with van der Waals surface area (Å²) in [6.45, 7) is 9.90. The topological polar surface area (TPSA) is 41.1 Å². The van der Waals surface area contributed by atoms with Gasteiger partial charge >= 0.3 is 0 Å². The van der Waals surface area contributed by atoms with E-state index in [0.717, 1.165) is 12.0 Å². The fraction of sp³-hybridized carbons (Fsp3) is 0.562. The summed E-state index contributed by atoms with van der Waals surface area (Å²) in [7, 11) is 0. The van der Waals surface area contributed by atoms with Crippen molar-refractivity contribution in [1.29, 1.82) is 0 Å². The second kappa shape index (κ2) is 7.48. The van der Waals surface area contributed by atoms with E-state index < -0.39 is 0 Å². The highest BCUT2D eigenvalue weighted by Crippen LogP contribution is 2.26. The monoisotopic (exact) mass is 330 g/mol. The summed E-state index contributed by atoms with van der Waals surface area (Å²) in [5, 5.41) is 7.50. The molecule has 1 aromatic carbocycles. The molecule has 118 valence electrons. The van der Waals surface area contributed by atoms with Crippen LogP contribution in [0.1, 0.15) is 52.6 Å². The Bertz CT molecular complexity index is 503. The summed E-state index contributed by atoms with van der Waals surface area (Å²) in [4.78, 5) is 12.2. The second-order valence-corrected chi connectivity index (χ2v) is 6.85. The predicted octanol–water partition coefficient (Wildman–Crippen LogP) is 4.34. The van der Waals surface area contributed by atoms with E-state index in [1.165, 1.54) is 0 Å². The Morgan fingerprint density at radius 2 is 1.90 bits per heavy atom. The third-order valence-electron chi connectivity index (χ3n) is 3.67. The third kappa shape index (κ3) is 5.50. The lowest BCUT2D eigenvalue weighted by Crippen LogP contribution is -2.51. The summed E-state index contributed by atoms with van der Waals surface area (Å²) >= 11 is 12.1. The zero-order chi connectivity index (χ0) is 16.2. The second-order valence-electron chi connectivity index (χ2n) is 6.00. The van der Waals surface area contributed by atoms with Crippen LogP contribution in [0.4, 0.5) is 0 Å². The fourth-order valence-electron chi connectivity index (χ4n) is 1.92. The number of carbonyl (C=O) groups excluding carboxylic acids is 1. The molecule has 0 saturated heterocycles. The molecule has 1 amide bonds. The van der Waals surface area contributed by atoms with Gasteiger partial charge in [-0.2, -0.15) is 0 Å². The first-order valence-electron chi connectivity index (χ1n) is 7.19. The number of hydrogen-bond donors (Lipinski definition) is 2. The molecule has 2 unspecified atom stereocenters. The van der Waals surface area contributed by atoms with E-state index in [4.69, 9.17) is 23.2 Å². The number of nitrogens with one attached hydrogen (secondary N) is 2. The minimum Gasteiger partial charge on any atom is -0.350 e. The minimum atomic E-state index is -0.308. The van der Waals surface area contributed by atoms with Crippen LogP contribution in [0, 0.1) is 0 Å². The Balaban J connectivity index is 2.69. The van der Waals surface area contributed by atoms with Crippen molar-refractivity contribution in [2.75, 3.05) is 0 Å². The van der Waals surface area contributed by atoms with Gasteiger partial charge in [0.1, 0.15) is 0 Å². The number of rotatable bonds is 6. The van der Waals surface area contributed by atoms with Gasteiger partial charge in [-0.15, -0.1) is 0 Å². The Morgan fingerprint density at radius 3 is 2.43 bits per heavy atom. The lowest BCUT2D eigenvalue weighted by Gasteiger charge is -2.28. The van der Waals surface area contributed by atoms with E-state index in [1.54, 1.807) is 12.1 Å². The molecule has 0 aliphatic carbocycles. The van der Waals surface area contributed by atoms with Crippen molar-refractivity contribution in [3.05, 3.63) is 33.8 Å². The normalized spacial score (nSPS) is 14.6. The van der Waals surface area contributed by atoms with Crippen LogP contribution in [0.15, 0.2) is 18.2 Å². The van der Waals surface area contributed by atoms with Crippen molar-refractivity contribution < 1.29 is 4.79 Å². The van der Waals surface area contributed by atoms with E-state index in [0.29, 0.717) is 10.0 Å². The highest BCUT2D eigenvalue weighted by atomic mass is 35.5. The van der Waals surface area contributed by atoms with Crippen LogP contribution in [0.25, 0.3) is 0 Å². The minimum absolute atomic E-state index is 0.0150. The molecule has 2 atom stereocenters. The van der Waals surface area contributed by atoms with Gasteiger partial charge in [0, 0.05) is 21.6 Å². The first kappa shape index (κ1) is 18.3. The SMILES string of the molecule is CCC(C)(C)NC(=O)C(C)NC(C)c1ccc(Cl)cc1Cl. The number of amides is 1.